The molecule has 10 heteroatoms. The molecule has 10 nitrogen and oxygen atoms in total. The van der Waals surface area contributed by atoms with Crippen LogP contribution < -0.4 is 15.1 Å². The van der Waals surface area contributed by atoms with Crippen LogP contribution in [0.25, 0.3) is 11.0 Å². The van der Waals surface area contributed by atoms with Gasteiger partial charge in [-0.05, 0) is 12.1 Å². The first kappa shape index (κ1) is 19.3. The van der Waals surface area contributed by atoms with Crippen LogP contribution in [-0.4, -0.2) is 63.7 Å². The first-order valence-corrected chi connectivity index (χ1v) is 8.03. The van der Waals surface area contributed by atoms with Crippen LogP contribution in [-0.2, 0) is 9.53 Å². The second-order valence-electron chi connectivity index (χ2n) is 6.00. The third kappa shape index (κ3) is 3.94. The minimum atomic E-state index is -1.64. The van der Waals surface area contributed by atoms with Gasteiger partial charge in [-0.15, -0.1) is 0 Å². The molecular formula is C17H18O10. The monoisotopic (exact) mass is 382 g/mol. The van der Waals surface area contributed by atoms with Gasteiger partial charge in [0.25, 0.3) is 0 Å². The van der Waals surface area contributed by atoms with Crippen molar-refractivity contribution in [1.29, 1.82) is 0 Å². The lowest BCUT2D eigenvalue weighted by Crippen LogP contribution is -2.60. The van der Waals surface area contributed by atoms with Gasteiger partial charge in [0, 0.05) is 24.4 Å². The van der Waals surface area contributed by atoms with Gasteiger partial charge >= 0.3 is 11.6 Å². The molecule has 2 heterocycles. The summed E-state index contributed by atoms with van der Waals surface area (Å²) in [6, 6.07) is 5.29. The van der Waals surface area contributed by atoms with Crippen molar-refractivity contribution in [2.24, 2.45) is 0 Å². The number of hydrogen-bond donors (Lipinski definition) is 4. The summed E-state index contributed by atoms with van der Waals surface area (Å²) < 4.78 is 20.9. The molecule has 27 heavy (non-hydrogen) atoms. The highest BCUT2D eigenvalue weighted by atomic mass is 16.7. The van der Waals surface area contributed by atoms with Gasteiger partial charge in [0.1, 0.15) is 30.0 Å². The second-order valence-corrected chi connectivity index (χ2v) is 6.00. The van der Waals surface area contributed by atoms with Crippen LogP contribution in [0.1, 0.15) is 6.92 Å². The molecule has 0 bridgehead atoms. The van der Waals surface area contributed by atoms with Crippen molar-refractivity contribution in [3.8, 4) is 11.5 Å². The van der Waals surface area contributed by atoms with Crippen LogP contribution in [0.5, 0.6) is 11.5 Å². The third-order valence-corrected chi connectivity index (χ3v) is 4.03. The van der Waals surface area contributed by atoms with E-state index in [0.717, 1.165) is 6.92 Å². The van der Waals surface area contributed by atoms with Gasteiger partial charge in [-0.25, -0.2) is 4.79 Å². The Hall–Kier alpha value is -2.50. The van der Waals surface area contributed by atoms with Gasteiger partial charge in [-0.3, -0.25) is 4.79 Å². The lowest BCUT2D eigenvalue weighted by molar-refractivity contribution is -0.277. The first-order chi connectivity index (χ1) is 12.8. The Kier molecular flexibility index (Phi) is 5.44. The highest BCUT2D eigenvalue weighted by Gasteiger charge is 2.45. The zero-order valence-corrected chi connectivity index (χ0v) is 14.1. The van der Waals surface area contributed by atoms with E-state index in [9.17, 15) is 30.0 Å². The topological polar surface area (TPSA) is 156 Å². The number of aliphatic hydroxyl groups excluding tert-OH is 4. The summed E-state index contributed by atoms with van der Waals surface area (Å²) in [4.78, 5) is 22.7. The molecule has 0 spiro atoms. The van der Waals surface area contributed by atoms with E-state index in [2.05, 4.69) is 0 Å². The predicted molar refractivity (Wildman–Crippen MR) is 88.2 cm³/mol. The molecule has 3 rings (SSSR count). The van der Waals surface area contributed by atoms with Crippen LogP contribution in [0.15, 0.2) is 33.5 Å². The molecule has 1 aliphatic rings. The van der Waals surface area contributed by atoms with E-state index in [0.29, 0.717) is 5.39 Å². The molecule has 0 amide bonds. The number of fused-ring (bicyclic) bond motifs is 1. The molecule has 1 aliphatic heterocycles. The summed E-state index contributed by atoms with van der Waals surface area (Å²) in [5, 5.41) is 39.5. The number of hydrogen-bond acceptors (Lipinski definition) is 10. The predicted octanol–water partition coefficient (Wildman–Crippen LogP) is -1.10. The van der Waals surface area contributed by atoms with Crippen LogP contribution >= 0.6 is 0 Å². The van der Waals surface area contributed by atoms with Crippen molar-refractivity contribution >= 4 is 16.9 Å². The summed E-state index contributed by atoms with van der Waals surface area (Å²) in [5.41, 5.74) is -0.459. The van der Waals surface area contributed by atoms with E-state index in [1.807, 2.05) is 0 Å². The fourth-order valence-corrected chi connectivity index (χ4v) is 2.69. The minimum absolute atomic E-state index is 0.0455. The van der Waals surface area contributed by atoms with Crippen LogP contribution in [0.2, 0.25) is 0 Å². The van der Waals surface area contributed by atoms with E-state index in [4.69, 9.17) is 18.6 Å². The summed E-state index contributed by atoms with van der Waals surface area (Å²) in [6.45, 7) is 0.535. The van der Waals surface area contributed by atoms with E-state index in [-0.39, 0.29) is 17.1 Å². The fourth-order valence-electron chi connectivity index (χ4n) is 2.69. The lowest BCUT2D eigenvalue weighted by atomic mass is 9.99. The lowest BCUT2D eigenvalue weighted by Gasteiger charge is -2.39. The molecule has 1 fully saturated rings. The standard InChI is InChI=1S/C17H18O10/c1-7(19)24-11-5-9-8(2-3-13(20)25-9)4-10(11)26-17-16(23)15(22)14(21)12(6-18)27-17/h2-5,12,14-18,21-23H,6H2,1H3/t12-,14-,15+,16-,17-/m1/s1. The minimum Gasteiger partial charge on any atom is -0.458 e. The highest BCUT2D eigenvalue weighted by molar-refractivity contribution is 5.82. The maximum atomic E-state index is 11.4. The second kappa shape index (κ2) is 7.62. The Labute approximate surface area is 152 Å². The van der Waals surface area contributed by atoms with Crippen LogP contribution in [0.3, 0.4) is 0 Å². The number of carbonyl (C=O) groups excluding carboxylic acids is 1. The smallest absolute Gasteiger partial charge is 0.336 e. The van der Waals surface area contributed by atoms with Gasteiger partial charge in [0.05, 0.1) is 6.61 Å². The molecule has 0 unspecified atom stereocenters. The SMILES string of the molecule is CC(=O)Oc1cc2oc(=O)ccc2cc1O[C@@H]1O[C@H](CO)[C@@H](O)[C@H](O)[C@H]1O. The number of aliphatic hydroxyl groups is 4. The normalized spacial score (nSPS) is 28.1. The number of ether oxygens (including phenoxy) is 3. The number of benzene rings is 1. The summed E-state index contributed by atoms with van der Waals surface area (Å²) >= 11 is 0. The average molecular weight is 382 g/mol. The molecule has 2 aromatic rings. The molecule has 1 aromatic heterocycles. The van der Waals surface area contributed by atoms with Crippen molar-refractivity contribution in [2.75, 3.05) is 6.61 Å². The van der Waals surface area contributed by atoms with E-state index < -0.39 is 48.9 Å². The van der Waals surface area contributed by atoms with Crippen molar-refractivity contribution in [1.82, 2.24) is 0 Å². The van der Waals surface area contributed by atoms with Crippen molar-refractivity contribution in [3.63, 3.8) is 0 Å². The summed E-state index contributed by atoms with van der Waals surface area (Å²) in [6.07, 6.45) is -7.44. The Morgan fingerprint density at radius 2 is 1.85 bits per heavy atom. The third-order valence-electron chi connectivity index (χ3n) is 4.03. The van der Waals surface area contributed by atoms with Gasteiger partial charge in [-0.1, -0.05) is 0 Å². The van der Waals surface area contributed by atoms with Crippen LogP contribution in [0, 0.1) is 0 Å². The zero-order chi connectivity index (χ0) is 19.7. The number of carbonyl (C=O) groups is 1. The molecular weight excluding hydrogens is 364 g/mol. The maximum absolute atomic E-state index is 11.4. The molecule has 0 aliphatic carbocycles. The molecule has 1 aromatic carbocycles. The Morgan fingerprint density at radius 3 is 2.52 bits per heavy atom. The quantitative estimate of drug-likeness (QED) is 0.291. The molecule has 0 radical (unpaired) electrons. The first-order valence-electron chi connectivity index (χ1n) is 8.03. The molecule has 5 atom stereocenters. The van der Waals surface area contributed by atoms with E-state index >= 15 is 0 Å². The van der Waals surface area contributed by atoms with E-state index in [1.54, 1.807) is 0 Å². The van der Waals surface area contributed by atoms with Crippen LogP contribution in [0.4, 0.5) is 0 Å². The van der Waals surface area contributed by atoms with Gasteiger partial charge < -0.3 is 39.1 Å². The zero-order valence-electron chi connectivity index (χ0n) is 14.1. The molecule has 146 valence electrons. The summed E-state index contributed by atoms with van der Waals surface area (Å²) in [7, 11) is 0. The summed E-state index contributed by atoms with van der Waals surface area (Å²) in [5.74, 6) is -0.830. The Balaban J connectivity index is 1.98. The Bertz CT molecular complexity index is 889. The number of esters is 1. The van der Waals surface area contributed by atoms with Gasteiger partial charge in [0.2, 0.25) is 6.29 Å². The Morgan fingerprint density at radius 1 is 1.11 bits per heavy atom. The van der Waals surface area contributed by atoms with Crippen molar-refractivity contribution < 1.29 is 43.8 Å². The van der Waals surface area contributed by atoms with Crippen molar-refractivity contribution in [3.05, 3.63) is 34.7 Å². The highest BCUT2D eigenvalue weighted by Crippen LogP contribution is 2.35. The van der Waals surface area contributed by atoms with Gasteiger partial charge in [-0.2, -0.15) is 0 Å². The van der Waals surface area contributed by atoms with Crippen molar-refractivity contribution in [2.45, 2.75) is 37.6 Å². The number of rotatable bonds is 4. The maximum Gasteiger partial charge on any atom is 0.336 e. The molecule has 4 N–H and O–H groups in total. The van der Waals surface area contributed by atoms with Gasteiger partial charge in [0.15, 0.2) is 11.5 Å². The molecule has 1 saturated heterocycles. The average Bonchev–Trinajstić information content (AvgIpc) is 2.62. The largest absolute Gasteiger partial charge is 0.458 e. The fraction of sp³-hybridized carbons (Fsp3) is 0.412. The van der Waals surface area contributed by atoms with E-state index in [1.165, 1.54) is 24.3 Å². The molecule has 0 saturated carbocycles.